The fraction of sp³-hybridized carbons (Fsp3) is 0.333. The zero-order valence-electron chi connectivity index (χ0n) is 19.9. The molecule has 0 atom stereocenters. The highest BCUT2D eigenvalue weighted by Crippen LogP contribution is 2.32. The minimum absolute atomic E-state index is 0.0818. The van der Waals surface area contributed by atoms with Crippen molar-refractivity contribution in [3.8, 4) is 16.9 Å². The molecule has 6 nitrogen and oxygen atoms in total. The van der Waals surface area contributed by atoms with Gasteiger partial charge in [-0.05, 0) is 30.2 Å². The summed E-state index contributed by atoms with van der Waals surface area (Å²) < 4.78 is 49.0. The zero-order chi connectivity index (χ0) is 24.9. The van der Waals surface area contributed by atoms with Gasteiger partial charge in [-0.15, -0.1) is 0 Å². The van der Waals surface area contributed by atoms with Crippen LogP contribution in [0.3, 0.4) is 0 Å². The summed E-state index contributed by atoms with van der Waals surface area (Å²) in [5.41, 5.74) is 5.83. The van der Waals surface area contributed by atoms with Gasteiger partial charge in [0.1, 0.15) is 17.2 Å². The molecule has 0 spiro atoms. The average Bonchev–Trinajstić information content (AvgIpc) is 3.57. The zero-order valence-corrected chi connectivity index (χ0v) is 19.9. The number of hydrogen-bond donors (Lipinski definition) is 1. The molecule has 2 aliphatic rings. The molecule has 0 amide bonds. The van der Waals surface area contributed by atoms with Crippen molar-refractivity contribution in [2.45, 2.75) is 38.8 Å². The van der Waals surface area contributed by atoms with Gasteiger partial charge in [-0.2, -0.15) is 0 Å². The molecule has 4 aromatic rings. The first-order valence-electron chi connectivity index (χ1n) is 12.1. The van der Waals surface area contributed by atoms with Crippen LogP contribution in [-0.2, 0) is 19.5 Å². The number of rotatable bonds is 6. The van der Waals surface area contributed by atoms with Crippen molar-refractivity contribution in [3.63, 3.8) is 0 Å². The molecule has 4 heterocycles. The normalized spacial score (nSPS) is 16.9. The molecule has 1 N–H and O–H groups in total. The Bertz CT molecular complexity index is 1430. The highest BCUT2D eigenvalue weighted by atomic mass is 19.3. The van der Waals surface area contributed by atoms with Gasteiger partial charge in [0, 0.05) is 61.6 Å². The van der Waals surface area contributed by atoms with Gasteiger partial charge in [-0.3, -0.25) is 9.30 Å². The number of alkyl halides is 2. The van der Waals surface area contributed by atoms with Crippen LogP contribution in [0.4, 0.5) is 19.1 Å². The Morgan fingerprint density at radius 2 is 1.97 bits per heavy atom. The molecule has 1 fully saturated rings. The maximum atomic E-state index is 14.6. The highest BCUT2D eigenvalue weighted by molar-refractivity contribution is 5.78. The molecule has 9 heteroatoms. The Balaban J connectivity index is 1.24. The maximum Gasteiger partial charge on any atom is 0.261 e. The number of hydrogen-bond acceptors (Lipinski definition) is 5. The predicted molar refractivity (Wildman–Crippen MR) is 131 cm³/mol. The summed E-state index contributed by atoms with van der Waals surface area (Å²) in [7, 11) is 0. The largest absolute Gasteiger partial charge is 0.493 e. The summed E-state index contributed by atoms with van der Waals surface area (Å²) in [6, 6.07) is 11.0. The van der Waals surface area contributed by atoms with Crippen LogP contribution in [0.25, 0.3) is 16.8 Å². The van der Waals surface area contributed by atoms with E-state index in [4.69, 9.17) is 9.72 Å². The van der Waals surface area contributed by atoms with Gasteiger partial charge in [-0.25, -0.2) is 23.1 Å². The number of aryl methyl sites for hydroxylation is 1. The first kappa shape index (κ1) is 22.8. The van der Waals surface area contributed by atoms with Crippen LogP contribution >= 0.6 is 0 Å². The van der Waals surface area contributed by atoms with Gasteiger partial charge < -0.3 is 10.1 Å². The number of ether oxygens (including phenoxy) is 1. The highest BCUT2D eigenvalue weighted by Gasteiger charge is 2.37. The number of anilines is 1. The molecule has 1 saturated heterocycles. The minimum Gasteiger partial charge on any atom is -0.493 e. The van der Waals surface area contributed by atoms with E-state index < -0.39 is 5.92 Å². The van der Waals surface area contributed by atoms with Crippen molar-refractivity contribution in [2.75, 3.05) is 25.0 Å². The van der Waals surface area contributed by atoms with E-state index in [0.717, 1.165) is 39.3 Å². The van der Waals surface area contributed by atoms with Gasteiger partial charge in [-0.1, -0.05) is 24.3 Å². The molecule has 0 radical (unpaired) electrons. The third kappa shape index (κ3) is 4.28. The third-order valence-corrected chi connectivity index (χ3v) is 6.90. The molecule has 36 heavy (non-hydrogen) atoms. The first-order chi connectivity index (χ1) is 17.4. The van der Waals surface area contributed by atoms with Crippen molar-refractivity contribution in [1.29, 1.82) is 0 Å². The Labute approximate surface area is 206 Å². The predicted octanol–water partition coefficient (Wildman–Crippen LogP) is 5.23. The van der Waals surface area contributed by atoms with Gasteiger partial charge in [0.15, 0.2) is 0 Å². The lowest BCUT2D eigenvalue weighted by Crippen LogP contribution is -2.24. The fourth-order valence-electron chi connectivity index (χ4n) is 5.09. The van der Waals surface area contributed by atoms with Crippen LogP contribution < -0.4 is 10.1 Å². The van der Waals surface area contributed by atoms with E-state index in [-0.39, 0.29) is 25.3 Å². The van der Waals surface area contributed by atoms with Crippen molar-refractivity contribution in [1.82, 2.24) is 19.3 Å². The summed E-state index contributed by atoms with van der Waals surface area (Å²) in [5.74, 6) is -1.55. The summed E-state index contributed by atoms with van der Waals surface area (Å²) in [6.45, 7) is 3.47. The number of fused-ring (bicyclic) bond motifs is 2. The van der Waals surface area contributed by atoms with Crippen LogP contribution in [0.15, 0.2) is 48.8 Å². The molecule has 2 aromatic heterocycles. The van der Waals surface area contributed by atoms with E-state index >= 15 is 0 Å². The van der Waals surface area contributed by atoms with E-state index in [0.29, 0.717) is 37.6 Å². The van der Waals surface area contributed by atoms with E-state index in [1.54, 1.807) is 17.2 Å². The molecule has 2 aliphatic heterocycles. The van der Waals surface area contributed by atoms with Gasteiger partial charge in [0.2, 0.25) is 5.95 Å². The minimum atomic E-state index is -2.59. The second-order valence-electron chi connectivity index (χ2n) is 9.54. The lowest BCUT2D eigenvalue weighted by atomic mass is 10.0. The van der Waals surface area contributed by atoms with Crippen LogP contribution in [-0.4, -0.2) is 44.9 Å². The molecule has 186 valence electrons. The van der Waals surface area contributed by atoms with Gasteiger partial charge >= 0.3 is 0 Å². The average molecular weight is 494 g/mol. The van der Waals surface area contributed by atoms with Crippen LogP contribution in [0, 0.1) is 12.7 Å². The molecule has 0 aliphatic carbocycles. The van der Waals surface area contributed by atoms with Crippen molar-refractivity contribution < 1.29 is 17.9 Å². The molecule has 2 aromatic carbocycles. The Hall–Kier alpha value is -3.59. The number of nitrogens with one attached hydrogen (secondary N) is 1. The van der Waals surface area contributed by atoms with Crippen LogP contribution in [0.5, 0.6) is 5.75 Å². The second kappa shape index (κ2) is 8.81. The third-order valence-electron chi connectivity index (χ3n) is 6.90. The molecular formula is C27H26F3N5O. The summed E-state index contributed by atoms with van der Waals surface area (Å²) >= 11 is 0. The van der Waals surface area contributed by atoms with Crippen LogP contribution in [0.1, 0.15) is 28.8 Å². The van der Waals surface area contributed by atoms with Gasteiger partial charge in [0.25, 0.3) is 5.92 Å². The van der Waals surface area contributed by atoms with E-state index in [1.807, 2.05) is 41.8 Å². The number of benzene rings is 2. The lowest BCUT2D eigenvalue weighted by molar-refractivity contribution is 0.0115. The number of imidazole rings is 1. The topological polar surface area (TPSA) is 54.7 Å². The summed E-state index contributed by atoms with van der Waals surface area (Å²) in [5, 5.41) is 3.27. The molecule has 0 bridgehead atoms. The Morgan fingerprint density at radius 3 is 2.75 bits per heavy atom. The van der Waals surface area contributed by atoms with Gasteiger partial charge in [0.05, 0.1) is 18.8 Å². The van der Waals surface area contributed by atoms with Crippen LogP contribution in [0.2, 0.25) is 0 Å². The summed E-state index contributed by atoms with van der Waals surface area (Å²) in [6.07, 6.45) is 4.26. The van der Waals surface area contributed by atoms with Crippen molar-refractivity contribution >= 4 is 11.6 Å². The first-order valence-corrected chi connectivity index (χ1v) is 12.1. The second-order valence-corrected chi connectivity index (χ2v) is 9.54. The van der Waals surface area contributed by atoms with E-state index in [9.17, 15) is 13.2 Å². The van der Waals surface area contributed by atoms with Crippen molar-refractivity contribution in [2.24, 2.45) is 0 Å². The Kier molecular flexibility index (Phi) is 5.59. The molecular weight excluding hydrogens is 467 g/mol. The monoisotopic (exact) mass is 493 g/mol. The van der Waals surface area contributed by atoms with Crippen molar-refractivity contribution in [3.05, 3.63) is 77.0 Å². The molecule has 0 unspecified atom stereocenters. The number of halogens is 3. The molecule has 0 saturated carbocycles. The maximum absolute atomic E-state index is 14.6. The number of nitrogens with zero attached hydrogens (tertiary/aromatic N) is 4. The number of aromatic nitrogens is 3. The van der Waals surface area contributed by atoms with E-state index in [1.165, 1.54) is 6.07 Å². The Morgan fingerprint density at radius 1 is 1.14 bits per heavy atom. The quantitative estimate of drug-likeness (QED) is 0.399. The summed E-state index contributed by atoms with van der Waals surface area (Å²) in [4.78, 5) is 11.1. The fourth-order valence-corrected chi connectivity index (χ4v) is 5.09. The number of likely N-dealkylation sites (tertiary alicyclic amines) is 1. The standard InChI is InChI=1S/C27H26F3N5O/c1-17-14-35-25(33-17)21(19-4-2-18(3-5-19)15-34-10-9-27(29,30)16-34)12-31-26(35)32-13-22-20-8-11-36-24(20)7-6-23(22)28/h2-7,12,14H,8-11,13,15-16H2,1H3,(H,31,32). The lowest BCUT2D eigenvalue weighted by Gasteiger charge is -2.16. The molecule has 6 rings (SSSR count). The SMILES string of the molecule is Cc1cn2c(NCc3c(F)ccc4c3CCO4)ncc(-c3ccc(CN4CCC(F)(F)C4)cc3)c2n1. The van der Waals surface area contributed by atoms with E-state index in [2.05, 4.69) is 10.3 Å². The smallest absolute Gasteiger partial charge is 0.261 e.